The number of rotatable bonds is 8. The number of pyridine rings is 1. The van der Waals surface area contributed by atoms with Gasteiger partial charge in [-0.05, 0) is 36.4 Å². The van der Waals surface area contributed by atoms with Crippen LogP contribution in [0.1, 0.15) is 17.9 Å². The van der Waals surface area contributed by atoms with Crippen molar-refractivity contribution in [3.63, 3.8) is 0 Å². The predicted molar refractivity (Wildman–Crippen MR) is 136 cm³/mol. The first-order valence-corrected chi connectivity index (χ1v) is 11.8. The molecule has 0 spiro atoms. The van der Waals surface area contributed by atoms with Crippen LogP contribution >= 0.6 is 11.6 Å². The third-order valence-corrected chi connectivity index (χ3v) is 5.97. The molecule has 0 aliphatic carbocycles. The Morgan fingerprint density at radius 3 is 2.50 bits per heavy atom. The molecule has 5 rings (SSSR count). The van der Waals surface area contributed by atoms with Crippen LogP contribution in [-0.4, -0.2) is 42.8 Å². The molecule has 0 N–H and O–H groups in total. The van der Waals surface area contributed by atoms with Crippen molar-refractivity contribution < 1.29 is 9.32 Å². The maximum Gasteiger partial charge on any atom is 0.227 e. The third kappa shape index (κ3) is 5.34. The largest absolute Gasteiger partial charge is 0.341 e. The molecule has 8 nitrogen and oxygen atoms in total. The minimum absolute atomic E-state index is 0.0341. The second-order valence-electron chi connectivity index (χ2n) is 8.29. The van der Waals surface area contributed by atoms with E-state index in [2.05, 4.69) is 15.1 Å². The van der Waals surface area contributed by atoms with E-state index in [0.717, 1.165) is 28.1 Å². The Morgan fingerprint density at radius 2 is 1.75 bits per heavy atom. The molecule has 0 bridgehead atoms. The topological polar surface area (TPSA) is 89.9 Å². The van der Waals surface area contributed by atoms with Gasteiger partial charge in [0.2, 0.25) is 17.6 Å². The number of benzene rings is 2. The molecule has 0 fully saturated rings. The van der Waals surface area contributed by atoms with Gasteiger partial charge in [0.1, 0.15) is 0 Å². The number of halogens is 1. The Hall–Kier alpha value is -4.30. The summed E-state index contributed by atoms with van der Waals surface area (Å²) in [5.74, 6) is 0.865. The molecule has 3 heterocycles. The predicted octanol–water partition coefficient (Wildman–Crippen LogP) is 5.23. The summed E-state index contributed by atoms with van der Waals surface area (Å²) in [7, 11) is 1.78. The lowest BCUT2D eigenvalue weighted by Crippen LogP contribution is -2.26. The SMILES string of the molecule is CN(Cc1cn(-c2ccccc2)nc1-c1ccc(Cl)cc1)C(=O)CCc1nc(-c2ccncc2)no1. The molecule has 1 amide bonds. The van der Waals surface area contributed by atoms with Crippen molar-refractivity contribution in [1.82, 2.24) is 29.8 Å². The van der Waals surface area contributed by atoms with Crippen LogP contribution < -0.4 is 0 Å². The Kier molecular flexibility index (Phi) is 6.86. The van der Waals surface area contributed by atoms with E-state index in [9.17, 15) is 4.79 Å². The molecular weight excluding hydrogens is 476 g/mol. The summed E-state index contributed by atoms with van der Waals surface area (Å²) in [5.41, 5.74) is 4.41. The van der Waals surface area contributed by atoms with Crippen LogP contribution in [0.3, 0.4) is 0 Å². The van der Waals surface area contributed by atoms with Crippen molar-refractivity contribution in [2.45, 2.75) is 19.4 Å². The minimum Gasteiger partial charge on any atom is -0.341 e. The minimum atomic E-state index is -0.0341. The molecule has 0 radical (unpaired) electrons. The van der Waals surface area contributed by atoms with E-state index in [1.54, 1.807) is 36.5 Å². The van der Waals surface area contributed by atoms with Gasteiger partial charge in [0.25, 0.3) is 0 Å². The van der Waals surface area contributed by atoms with Crippen LogP contribution in [0.5, 0.6) is 0 Å². The van der Waals surface area contributed by atoms with Gasteiger partial charge >= 0.3 is 0 Å². The summed E-state index contributed by atoms with van der Waals surface area (Å²) in [5, 5.41) is 9.47. The summed E-state index contributed by atoms with van der Waals surface area (Å²) in [6, 6.07) is 21.0. The van der Waals surface area contributed by atoms with E-state index in [-0.39, 0.29) is 12.3 Å². The van der Waals surface area contributed by atoms with Crippen molar-refractivity contribution in [3.05, 3.63) is 102 Å². The van der Waals surface area contributed by atoms with Crippen LogP contribution in [0.15, 0.2) is 89.8 Å². The fourth-order valence-corrected chi connectivity index (χ4v) is 3.94. The molecule has 0 saturated heterocycles. The third-order valence-electron chi connectivity index (χ3n) is 5.72. The highest BCUT2D eigenvalue weighted by Gasteiger charge is 2.18. The van der Waals surface area contributed by atoms with Gasteiger partial charge in [0, 0.05) is 66.7 Å². The lowest BCUT2D eigenvalue weighted by Gasteiger charge is -2.16. The van der Waals surface area contributed by atoms with Gasteiger partial charge < -0.3 is 9.42 Å². The number of amides is 1. The maximum absolute atomic E-state index is 12.9. The first-order chi connectivity index (χ1) is 17.6. The van der Waals surface area contributed by atoms with Crippen molar-refractivity contribution in [2.24, 2.45) is 0 Å². The van der Waals surface area contributed by atoms with Gasteiger partial charge in [-0.2, -0.15) is 10.1 Å². The summed E-state index contributed by atoms with van der Waals surface area (Å²) in [6.07, 6.45) is 5.90. The zero-order chi connectivity index (χ0) is 24.9. The Morgan fingerprint density at radius 1 is 1.00 bits per heavy atom. The van der Waals surface area contributed by atoms with E-state index in [1.807, 2.05) is 65.5 Å². The van der Waals surface area contributed by atoms with Gasteiger partial charge in [0.15, 0.2) is 0 Å². The van der Waals surface area contributed by atoms with Gasteiger partial charge in [0.05, 0.1) is 11.4 Å². The molecule has 0 saturated carbocycles. The fourth-order valence-electron chi connectivity index (χ4n) is 3.81. The monoisotopic (exact) mass is 498 g/mol. The van der Waals surface area contributed by atoms with Crippen molar-refractivity contribution in [3.8, 4) is 28.3 Å². The molecule has 9 heteroatoms. The number of aryl methyl sites for hydroxylation is 1. The molecule has 180 valence electrons. The van der Waals surface area contributed by atoms with Gasteiger partial charge in [-0.1, -0.05) is 47.1 Å². The average Bonchev–Trinajstić information content (AvgIpc) is 3.56. The smallest absolute Gasteiger partial charge is 0.227 e. The van der Waals surface area contributed by atoms with Crippen molar-refractivity contribution >= 4 is 17.5 Å². The summed E-state index contributed by atoms with van der Waals surface area (Å²) in [4.78, 5) is 23.0. The average molecular weight is 499 g/mol. The Bertz CT molecular complexity index is 1450. The highest BCUT2D eigenvalue weighted by molar-refractivity contribution is 6.30. The highest BCUT2D eigenvalue weighted by Crippen LogP contribution is 2.26. The van der Waals surface area contributed by atoms with Crippen LogP contribution in [-0.2, 0) is 17.8 Å². The van der Waals surface area contributed by atoms with Gasteiger partial charge in [-0.25, -0.2) is 4.68 Å². The second kappa shape index (κ2) is 10.5. The van der Waals surface area contributed by atoms with Crippen LogP contribution in [0.4, 0.5) is 0 Å². The molecule has 2 aromatic carbocycles. The number of carbonyl (C=O) groups excluding carboxylic acids is 1. The number of aromatic nitrogens is 5. The van der Waals surface area contributed by atoms with Gasteiger partial charge in [-0.3, -0.25) is 9.78 Å². The summed E-state index contributed by atoms with van der Waals surface area (Å²) < 4.78 is 7.16. The molecule has 0 aliphatic heterocycles. The zero-order valence-corrected chi connectivity index (χ0v) is 20.3. The van der Waals surface area contributed by atoms with E-state index >= 15 is 0 Å². The van der Waals surface area contributed by atoms with E-state index < -0.39 is 0 Å². The highest BCUT2D eigenvalue weighted by atomic mass is 35.5. The van der Waals surface area contributed by atoms with E-state index in [1.165, 1.54) is 0 Å². The second-order valence-corrected chi connectivity index (χ2v) is 8.72. The number of carbonyl (C=O) groups is 1. The zero-order valence-electron chi connectivity index (χ0n) is 19.6. The molecule has 3 aromatic heterocycles. The number of hydrogen-bond acceptors (Lipinski definition) is 6. The van der Waals surface area contributed by atoms with Crippen molar-refractivity contribution in [2.75, 3.05) is 7.05 Å². The lowest BCUT2D eigenvalue weighted by molar-refractivity contribution is -0.130. The van der Waals surface area contributed by atoms with Crippen molar-refractivity contribution in [1.29, 1.82) is 0 Å². The summed E-state index contributed by atoms with van der Waals surface area (Å²) >= 11 is 6.09. The molecule has 0 aliphatic rings. The van der Waals surface area contributed by atoms with Crippen LogP contribution in [0, 0.1) is 0 Å². The lowest BCUT2D eigenvalue weighted by atomic mass is 10.1. The Balaban J connectivity index is 1.30. The first kappa shape index (κ1) is 23.4. The number of para-hydroxylation sites is 1. The Labute approximate surface area is 213 Å². The quantitative estimate of drug-likeness (QED) is 0.291. The number of nitrogens with zero attached hydrogens (tertiary/aromatic N) is 6. The normalized spacial score (nSPS) is 10.9. The summed E-state index contributed by atoms with van der Waals surface area (Å²) in [6.45, 7) is 0.399. The first-order valence-electron chi connectivity index (χ1n) is 11.4. The molecule has 36 heavy (non-hydrogen) atoms. The van der Waals surface area contributed by atoms with Crippen LogP contribution in [0.2, 0.25) is 5.02 Å². The van der Waals surface area contributed by atoms with E-state index in [4.69, 9.17) is 21.2 Å². The number of hydrogen-bond donors (Lipinski definition) is 0. The van der Waals surface area contributed by atoms with E-state index in [0.29, 0.717) is 29.7 Å². The molecule has 0 atom stereocenters. The molecular formula is C27H23ClN6O2. The standard InChI is InChI=1S/C27H23ClN6O2/c1-33(25(35)12-11-24-30-27(32-36-24)20-13-15-29-16-14-20)17-21-18-34(23-5-3-2-4-6-23)31-26(21)19-7-9-22(28)10-8-19/h2-10,13-16,18H,11-12,17H2,1H3. The fraction of sp³-hybridized carbons (Fsp3) is 0.148. The van der Waals surface area contributed by atoms with Crippen LogP contribution in [0.25, 0.3) is 28.3 Å². The molecule has 0 unspecified atom stereocenters. The molecule has 5 aromatic rings. The maximum atomic E-state index is 12.9. The van der Waals surface area contributed by atoms with Gasteiger partial charge in [-0.15, -0.1) is 0 Å².